The molecule has 3 unspecified atom stereocenters. The first kappa shape index (κ1) is 21.2. The summed E-state index contributed by atoms with van der Waals surface area (Å²) in [5, 5.41) is 0. The van der Waals surface area contributed by atoms with E-state index in [1.54, 1.807) is 7.11 Å². The molecular weight excluding hydrogens is 376 g/mol. The zero-order valence-corrected chi connectivity index (χ0v) is 19.3. The van der Waals surface area contributed by atoms with E-state index in [2.05, 4.69) is 26.0 Å². The summed E-state index contributed by atoms with van der Waals surface area (Å²) >= 11 is 0. The summed E-state index contributed by atoms with van der Waals surface area (Å²) in [4.78, 5) is 14.3. The van der Waals surface area contributed by atoms with E-state index < -0.39 is 0 Å². The minimum Gasteiger partial charge on any atom is -0.381 e. The number of carbonyl (C=O) groups is 1. The van der Waals surface area contributed by atoms with E-state index in [-0.39, 0.29) is 34.4 Å². The average molecular weight is 417 g/mol. The predicted molar refractivity (Wildman–Crippen MR) is 116 cm³/mol. The van der Waals surface area contributed by atoms with Crippen LogP contribution in [0.5, 0.6) is 0 Å². The minimum absolute atomic E-state index is 0.0828. The fourth-order valence-corrected chi connectivity index (χ4v) is 8.85. The van der Waals surface area contributed by atoms with Gasteiger partial charge in [-0.1, -0.05) is 26.0 Å². The number of ketones is 1. The molecule has 9 atom stereocenters. The zero-order chi connectivity index (χ0) is 21.1. The molecule has 4 nitrogen and oxygen atoms in total. The van der Waals surface area contributed by atoms with Crippen LogP contribution in [0.4, 0.5) is 0 Å². The van der Waals surface area contributed by atoms with Gasteiger partial charge in [0, 0.05) is 31.0 Å². The van der Waals surface area contributed by atoms with Gasteiger partial charge in [0.15, 0.2) is 0 Å². The maximum Gasteiger partial charge on any atom is 0.146 e. The maximum atomic E-state index is 14.3. The molecule has 0 amide bonds. The first-order valence-electron chi connectivity index (χ1n) is 12.3. The lowest BCUT2D eigenvalue weighted by Gasteiger charge is -2.56. The molecule has 1 spiro atoms. The van der Waals surface area contributed by atoms with Gasteiger partial charge in [0.1, 0.15) is 12.6 Å². The van der Waals surface area contributed by atoms with Gasteiger partial charge in [0.25, 0.3) is 0 Å². The van der Waals surface area contributed by atoms with Crippen LogP contribution in [0.15, 0.2) is 12.2 Å². The highest BCUT2D eigenvalue weighted by molar-refractivity contribution is 5.88. The summed E-state index contributed by atoms with van der Waals surface area (Å²) in [6.07, 6.45) is 15.2. The van der Waals surface area contributed by atoms with E-state index in [4.69, 9.17) is 14.2 Å². The van der Waals surface area contributed by atoms with E-state index in [0.29, 0.717) is 24.4 Å². The van der Waals surface area contributed by atoms with Crippen molar-refractivity contribution in [3.63, 3.8) is 0 Å². The Morgan fingerprint density at radius 1 is 1.13 bits per heavy atom. The van der Waals surface area contributed by atoms with Crippen LogP contribution in [-0.4, -0.2) is 39.0 Å². The fourth-order valence-electron chi connectivity index (χ4n) is 8.85. The Morgan fingerprint density at radius 2 is 1.93 bits per heavy atom. The number of rotatable bonds is 5. The molecule has 0 radical (unpaired) electrons. The molecule has 2 bridgehead atoms. The number of ether oxygens (including phenoxy) is 3. The zero-order valence-electron chi connectivity index (χ0n) is 19.3. The summed E-state index contributed by atoms with van der Waals surface area (Å²) in [7, 11) is 3.58. The highest BCUT2D eigenvalue weighted by atomic mass is 16.7. The number of Topliss-reactive ketones (excluding diaryl/α,β-unsaturated/α-hetero) is 1. The normalized spacial score (nSPS) is 52.3. The Hall–Kier alpha value is -0.710. The average Bonchev–Trinajstić information content (AvgIpc) is 3.40. The van der Waals surface area contributed by atoms with Crippen molar-refractivity contribution in [1.29, 1.82) is 0 Å². The lowest BCUT2D eigenvalue weighted by atomic mass is 9.49. The second-order valence-electron chi connectivity index (χ2n) is 11.3. The Labute approximate surface area is 182 Å². The van der Waals surface area contributed by atoms with Crippen LogP contribution in [0.2, 0.25) is 0 Å². The van der Waals surface area contributed by atoms with E-state index in [1.807, 2.05) is 7.11 Å². The molecule has 168 valence electrons. The molecule has 30 heavy (non-hydrogen) atoms. The van der Waals surface area contributed by atoms with E-state index in [1.165, 1.54) is 25.7 Å². The van der Waals surface area contributed by atoms with Crippen LogP contribution < -0.4 is 0 Å². The topological polar surface area (TPSA) is 44.8 Å². The van der Waals surface area contributed by atoms with Crippen LogP contribution in [-0.2, 0) is 19.0 Å². The molecule has 4 saturated carbocycles. The second-order valence-corrected chi connectivity index (χ2v) is 11.3. The minimum atomic E-state index is -0.352. The largest absolute Gasteiger partial charge is 0.381 e. The molecule has 0 aliphatic heterocycles. The molecular formula is C26H40O4. The Bertz CT molecular complexity index is 718. The quantitative estimate of drug-likeness (QED) is 0.459. The predicted octanol–water partition coefficient (Wildman–Crippen LogP) is 5.16. The first-order chi connectivity index (χ1) is 14.4. The van der Waals surface area contributed by atoms with Gasteiger partial charge in [0.05, 0.1) is 12.2 Å². The number of hydrogen-bond acceptors (Lipinski definition) is 4. The highest BCUT2D eigenvalue weighted by Gasteiger charge is 2.76. The SMILES string of the molecule is COCO[C@@H]1C[C@@](C)(C2C=CCCC2)C(=O)[C@H](C)C23CC[C@H]4C[C@]41C2[C@H](OC)CC3. The summed E-state index contributed by atoms with van der Waals surface area (Å²) in [6, 6.07) is 0. The highest BCUT2D eigenvalue weighted by Crippen LogP contribution is 2.78. The lowest BCUT2D eigenvalue weighted by Crippen LogP contribution is -2.58. The molecule has 0 aromatic rings. The fraction of sp³-hybridized carbons (Fsp3) is 0.885. The number of allylic oxidation sites excluding steroid dienone is 2. The molecule has 0 N–H and O–H groups in total. The van der Waals surface area contributed by atoms with Crippen LogP contribution >= 0.6 is 0 Å². The number of hydrogen-bond donors (Lipinski definition) is 0. The van der Waals surface area contributed by atoms with Crippen molar-refractivity contribution in [2.75, 3.05) is 21.0 Å². The molecule has 0 heterocycles. The number of carbonyl (C=O) groups excluding carboxylic acids is 1. The summed E-state index contributed by atoms with van der Waals surface area (Å²) in [6.45, 7) is 4.85. The third-order valence-corrected chi connectivity index (χ3v) is 10.4. The van der Waals surface area contributed by atoms with E-state index in [0.717, 1.165) is 38.0 Å². The van der Waals surface area contributed by atoms with Gasteiger partial charge in [-0.3, -0.25) is 4.79 Å². The third kappa shape index (κ3) is 2.72. The summed E-state index contributed by atoms with van der Waals surface area (Å²) in [5.74, 6) is 2.09. The summed E-state index contributed by atoms with van der Waals surface area (Å²) < 4.78 is 18.0. The molecule has 0 aromatic heterocycles. The van der Waals surface area contributed by atoms with E-state index in [9.17, 15) is 4.79 Å². The Balaban J connectivity index is 1.62. The van der Waals surface area contributed by atoms with Crippen LogP contribution in [0.3, 0.4) is 0 Å². The maximum absolute atomic E-state index is 14.3. The molecule has 4 fully saturated rings. The number of methoxy groups -OCH3 is 2. The van der Waals surface area contributed by atoms with Gasteiger partial charge in [-0.2, -0.15) is 0 Å². The van der Waals surface area contributed by atoms with E-state index >= 15 is 0 Å². The van der Waals surface area contributed by atoms with Crippen LogP contribution in [0, 0.1) is 39.9 Å². The van der Waals surface area contributed by atoms with Gasteiger partial charge in [-0.15, -0.1) is 0 Å². The van der Waals surface area contributed by atoms with Crippen molar-refractivity contribution in [1.82, 2.24) is 0 Å². The van der Waals surface area contributed by atoms with Gasteiger partial charge < -0.3 is 14.2 Å². The molecule has 5 aliphatic carbocycles. The van der Waals surface area contributed by atoms with Crippen molar-refractivity contribution in [3.05, 3.63) is 12.2 Å². The van der Waals surface area contributed by atoms with Crippen molar-refractivity contribution in [2.24, 2.45) is 39.9 Å². The molecule has 0 aromatic carbocycles. The first-order valence-corrected chi connectivity index (χ1v) is 12.3. The second kappa shape index (κ2) is 7.42. The van der Waals surface area contributed by atoms with Crippen molar-refractivity contribution < 1.29 is 19.0 Å². The smallest absolute Gasteiger partial charge is 0.146 e. The van der Waals surface area contributed by atoms with Crippen LogP contribution in [0.1, 0.15) is 71.6 Å². The molecule has 5 aliphatic rings. The Morgan fingerprint density at radius 3 is 2.63 bits per heavy atom. The van der Waals surface area contributed by atoms with Crippen molar-refractivity contribution in [3.8, 4) is 0 Å². The van der Waals surface area contributed by atoms with Gasteiger partial charge in [-0.25, -0.2) is 0 Å². The van der Waals surface area contributed by atoms with Gasteiger partial charge in [0.2, 0.25) is 0 Å². The van der Waals surface area contributed by atoms with Crippen molar-refractivity contribution >= 4 is 5.78 Å². The molecule has 0 saturated heterocycles. The van der Waals surface area contributed by atoms with Gasteiger partial charge in [-0.05, 0) is 81.0 Å². The Kier molecular flexibility index (Phi) is 5.23. The lowest BCUT2D eigenvalue weighted by molar-refractivity contribution is -0.185. The molecule has 5 rings (SSSR count). The monoisotopic (exact) mass is 416 g/mol. The van der Waals surface area contributed by atoms with Crippen molar-refractivity contribution in [2.45, 2.75) is 83.8 Å². The standard InChI is InChI=1S/C26H40O4/c1-17-23(27)24(2,18-8-6-5-7-9-18)15-21(30-16-28-3)26-14-19(26)10-12-25(17)13-11-20(29-4)22(25)26/h6,8,17-22H,5,7,9-16H2,1-4H3/t17-,18?,19-,20+,21+,22?,24-,25?,26-/m0/s1. The van der Waals surface area contributed by atoms with Crippen LogP contribution in [0.25, 0.3) is 0 Å². The van der Waals surface area contributed by atoms with Gasteiger partial charge >= 0.3 is 0 Å². The molecule has 4 heteroatoms. The third-order valence-electron chi connectivity index (χ3n) is 10.4. The summed E-state index contributed by atoms with van der Waals surface area (Å²) in [5.41, 5.74) is -0.0998.